The Bertz CT molecular complexity index is 1050. The minimum absolute atomic E-state index is 0.0246. The predicted octanol–water partition coefficient (Wildman–Crippen LogP) is 4.26. The highest BCUT2D eigenvalue weighted by Crippen LogP contribution is 2.23. The standard InChI is InChI=1S/C25H27N3O4/c1-18(28(2)23(29)14-7-15-26-25(31)22-13-8-16-32-22)20-11-6-12-21(17-20)27-24(30)19-9-4-3-5-10-19/h3-6,8-13,16-18H,7,14-15H2,1-2H3,(H,26,31)(H,27,30). The van der Waals surface area contributed by atoms with E-state index >= 15 is 0 Å². The molecule has 1 atom stereocenters. The summed E-state index contributed by atoms with van der Waals surface area (Å²) in [7, 11) is 1.75. The molecule has 3 aromatic rings. The molecule has 1 aromatic heterocycles. The summed E-state index contributed by atoms with van der Waals surface area (Å²) < 4.78 is 5.04. The van der Waals surface area contributed by atoms with Gasteiger partial charge in [0.05, 0.1) is 12.3 Å². The van der Waals surface area contributed by atoms with Crippen LogP contribution in [0.3, 0.4) is 0 Å². The average molecular weight is 434 g/mol. The van der Waals surface area contributed by atoms with Crippen LogP contribution in [0.1, 0.15) is 52.3 Å². The molecular formula is C25H27N3O4. The number of nitrogens with zero attached hydrogens (tertiary/aromatic N) is 1. The molecule has 0 aliphatic heterocycles. The van der Waals surface area contributed by atoms with Gasteiger partial charge in [0.25, 0.3) is 11.8 Å². The quantitative estimate of drug-likeness (QED) is 0.493. The molecular weight excluding hydrogens is 406 g/mol. The number of rotatable bonds is 9. The number of anilines is 1. The fraction of sp³-hybridized carbons (Fsp3) is 0.240. The van der Waals surface area contributed by atoms with Crippen LogP contribution in [0.2, 0.25) is 0 Å². The molecule has 0 spiro atoms. The third-order valence-corrected chi connectivity index (χ3v) is 5.24. The maximum atomic E-state index is 12.6. The number of amides is 3. The Morgan fingerprint density at radius 2 is 1.75 bits per heavy atom. The summed E-state index contributed by atoms with van der Waals surface area (Å²) in [5.41, 5.74) is 2.17. The Morgan fingerprint density at radius 1 is 0.969 bits per heavy atom. The van der Waals surface area contributed by atoms with Crippen molar-refractivity contribution < 1.29 is 18.8 Å². The molecule has 0 aliphatic rings. The Morgan fingerprint density at radius 3 is 2.47 bits per heavy atom. The van der Waals surface area contributed by atoms with Crippen LogP contribution in [-0.2, 0) is 4.79 Å². The molecule has 0 fully saturated rings. The highest BCUT2D eigenvalue weighted by atomic mass is 16.3. The summed E-state index contributed by atoms with van der Waals surface area (Å²) in [5.74, 6) is -0.250. The van der Waals surface area contributed by atoms with E-state index in [1.54, 1.807) is 36.2 Å². The number of hydrogen-bond acceptors (Lipinski definition) is 4. The van der Waals surface area contributed by atoms with E-state index in [9.17, 15) is 14.4 Å². The van der Waals surface area contributed by atoms with E-state index in [1.807, 2.05) is 49.4 Å². The van der Waals surface area contributed by atoms with Crippen LogP contribution in [0.5, 0.6) is 0 Å². The molecule has 1 heterocycles. The van der Waals surface area contributed by atoms with Crippen molar-refractivity contribution in [3.63, 3.8) is 0 Å². The van der Waals surface area contributed by atoms with Gasteiger partial charge in [-0.2, -0.15) is 0 Å². The van der Waals surface area contributed by atoms with Gasteiger partial charge in [0.2, 0.25) is 5.91 Å². The van der Waals surface area contributed by atoms with Crippen molar-refractivity contribution in [1.82, 2.24) is 10.2 Å². The van der Waals surface area contributed by atoms with Crippen LogP contribution in [0.4, 0.5) is 5.69 Å². The van der Waals surface area contributed by atoms with E-state index in [4.69, 9.17) is 4.42 Å². The fourth-order valence-electron chi connectivity index (χ4n) is 3.22. The number of nitrogens with one attached hydrogen (secondary N) is 2. The first-order chi connectivity index (χ1) is 15.5. The average Bonchev–Trinajstić information content (AvgIpc) is 3.36. The van der Waals surface area contributed by atoms with Crippen LogP contribution in [0.15, 0.2) is 77.4 Å². The van der Waals surface area contributed by atoms with Gasteiger partial charge in [-0.1, -0.05) is 30.3 Å². The van der Waals surface area contributed by atoms with Crippen molar-refractivity contribution >= 4 is 23.4 Å². The number of benzene rings is 2. The van der Waals surface area contributed by atoms with Crippen LogP contribution in [-0.4, -0.2) is 36.2 Å². The highest BCUT2D eigenvalue weighted by Gasteiger charge is 2.18. The lowest BCUT2D eigenvalue weighted by Crippen LogP contribution is -2.31. The van der Waals surface area contributed by atoms with Crippen molar-refractivity contribution in [1.29, 1.82) is 0 Å². The molecule has 3 rings (SSSR count). The van der Waals surface area contributed by atoms with E-state index < -0.39 is 0 Å². The summed E-state index contributed by atoms with van der Waals surface area (Å²) in [6, 6.07) is 19.5. The lowest BCUT2D eigenvalue weighted by atomic mass is 10.1. The van der Waals surface area contributed by atoms with Crippen molar-refractivity contribution in [3.05, 3.63) is 89.9 Å². The molecule has 7 heteroatoms. The first kappa shape index (κ1) is 22.8. The molecule has 1 unspecified atom stereocenters. The van der Waals surface area contributed by atoms with Crippen molar-refractivity contribution in [2.24, 2.45) is 0 Å². The smallest absolute Gasteiger partial charge is 0.286 e. The van der Waals surface area contributed by atoms with E-state index in [0.717, 1.165) is 5.56 Å². The minimum atomic E-state index is -0.293. The molecule has 166 valence electrons. The second-order valence-corrected chi connectivity index (χ2v) is 7.46. The van der Waals surface area contributed by atoms with E-state index in [1.165, 1.54) is 6.26 Å². The first-order valence-electron chi connectivity index (χ1n) is 10.5. The maximum Gasteiger partial charge on any atom is 0.286 e. The summed E-state index contributed by atoms with van der Waals surface area (Å²) in [4.78, 5) is 38.5. The third-order valence-electron chi connectivity index (χ3n) is 5.24. The summed E-state index contributed by atoms with van der Waals surface area (Å²) in [6.07, 6.45) is 2.27. The molecule has 0 saturated heterocycles. The Kier molecular flexibility index (Phi) is 7.80. The van der Waals surface area contributed by atoms with E-state index in [2.05, 4.69) is 10.6 Å². The molecule has 2 N–H and O–H groups in total. The molecule has 0 aliphatic carbocycles. The van der Waals surface area contributed by atoms with Gasteiger partial charge in [0.1, 0.15) is 0 Å². The second-order valence-electron chi connectivity index (χ2n) is 7.46. The minimum Gasteiger partial charge on any atom is -0.459 e. The highest BCUT2D eigenvalue weighted by molar-refractivity contribution is 6.04. The van der Waals surface area contributed by atoms with Gasteiger partial charge in [-0.05, 0) is 55.3 Å². The molecule has 2 aromatic carbocycles. The predicted molar refractivity (Wildman–Crippen MR) is 122 cm³/mol. The van der Waals surface area contributed by atoms with Crippen LogP contribution >= 0.6 is 0 Å². The number of carbonyl (C=O) groups is 3. The van der Waals surface area contributed by atoms with E-state index in [-0.39, 0.29) is 29.5 Å². The molecule has 32 heavy (non-hydrogen) atoms. The van der Waals surface area contributed by atoms with Gasteiger partial charge in [-0.15, -0.1) is 0 Å². The van der Waals surface area contributed by atoms with Crippen LogP contribution < -0.4 is 10.6 Å². The van der Waals surface area contributed by atoms with E-state index in [0.29, 0.717) is 30.6 Å². The SMILES string of the molecule is CC(c1cccc(NC(=O)c2ccccc2)c1)N(C)C(=O)CCCNC(=O)c1ccco1. The second kappa shape index (κ2) is 10.9. The lowest BCUT2D eigenvalue weighted by Gasteiger charge is -2.26. The lowest BCUT2D eigenvalue weighted by molar-refractivity contribution is -0.131. The Labute approximate surface area is 187 Å². The molecule has 0 saturated carbocycles. The largest absolute Gasteiger partial charge is 0.459 e. The number of carbonyl (C=O) groups excluding carboxylic acids is 3. The van der Waals surface area contributed by atoms with Crippen molar-refractivity contribution in [2.45, 2.75) is 25.8 Å². The third kappa shape index (κ3) is 6.07. The van der Waals surface area contributed by atoms with Gasteiger partial charge in [-0.25, -0.2) is 0 Å². The normalized spacial score (nSPS) is 11.4. The zero-order valence-corrected chi connectivity index (χ0v) is 18.2. The maximum absolute atomic E-state index is 12.6. The van der Waals surface area contributed by atoms with Crippen LogP contribution in [0, 0.1) is 0 Å². The monoisotopic (exact) mass is 433 g/mol. The molecule has 0 radical (unpaired) electrons. The van der Waals surface area contributed by atoms with Gasteiger partial charge in [0.15, 0.2) is 5.76 Å². The molecule has 3 amide bonds. The summed E-state index contributed by atoms with van der Waals surface area (Å²) >= 11 is 0. The zero-order chi connectivity index (χ0) is 22.9. The first-order valence-corrected chi connectivity index (χ1v) is 10.5. The Hall–Kier alpha value is -3.87. The van der Waals surface area contributed by atoms with Crippen molar-refractivity contribution in [2.75, 3.05) is 18.9 Å². The molecule has 7 nitrogen and oxygen atoms in total. The number of hydrogen-bond donors (Lipinski definition) is 2. The summed E-state index contributed by atoms with van der Waals surface area (Å²) in [5, 5.41) is 5.63. The van der Waals surface area contributed by atoms with Crippen LogP contribution in [0.25, 0.3) is 0 Å². The van der Waals surface area contributed by atoms with Gasteiger partial charge in [-0.3, -0.25) is 14.4 Å². The topological polar surface area (TPSA) is 91.7 Å². The molecule has 0 bridgehead atoms. The van der Waals surface area contributed by atoms with Gasteiger partial charge < -0.3 is 20.0 Å². The fourth-order valence-corrected chi connectivity index (χ4v) is 3.22. The zero-order valence-electron chi connectivity index (χ0n) is 18.2. The number of furan rings is 1. The van der Waals surface area contributed by atoms with Crippen molar-refractivity contribution in [3.8, 4) is 0 Å². The Balaban J connectivity index is 1.50. The van der Waals surface area contributed by atoms with Gasteiger partial charge in [0, 0.05) is 31.3 Å². The summed E-state index contributed by atoms with van der Waals surface area (Å²) in [6.45, 7) is 2.32. The van der Waals surface area contributed by atoms with Gasteiger partial charge >= 0.3 is 0 Å².